The summed E-state index contributed by atoms with van der Waals surface area (Å²) >= 11 is 0. The number of nitrogens with one attached hydrogen (secondary N) is 2. The Hall–Kier alpha value is -2.10. The molecule has 3 rings (SSSR count). The standard InChI is InChI=1S/C22H30N2O2/c1-15-8-10-18-14-19(22(26)24-21(18)16(15)2)12-13-23-20(25)11-9-17-6-4-3-5-7-17/h8,10,14,17H,3-7,9,11-13H2,1-2H3,(H,23,25)(H,24,26). The van der Waals surface area contributed by atoms with Crippen molar-refractivity contribution in [3.63, 3.8) is 0 Å². The molecule has 140 valence electrons. The lowest BCUT2D eigenvalue weighted by molar-refractivity contribution is -0.121. The molecule has 0 radical (unpaired) electrons. The zero-order chi connectivity index (χ0) is 18.5. The van der Waals surface area contributed by atoms with Crippen molar-refractivity contribution in [3.8, 4) is 0 Å². The molecule has 0 saturated heterocycles. The highest BCUT2D eigenvalue weighted by Crippen LogP contribution is 2.27. The normalized spacial score (nSPS) is 15.3. The highest BCUT2D eigenvalue weighted by atomic mass is 16.1. The molecule has 26 heavy (non-hydrogen) atoms. The number of amides is 1. The lowest BCUT2D eigenvalue weighted by Crippen LogP contribution is -2.27. The fraction of sp³-hybridized carbons (Fsp3) is 0.545. The highest BCUT2D eigenvalue weighted by molar-refractivity contribution is 5.83. The van der Waals surface area contributed by atoms with Crippen molar-refractivity contribution in [2.45, 2.75) is 65.2 Å². The Kier molecular flexibility index (Phi) is 6.12. The topological polar surface area (TPSA) is 62.0 Å². The molecule has 2 N–H and O–H groups in total. The number of hydrogen-bond acceptors (Lipinski definition) is 2. The van der Waals surface area contributed by atoms with E-state index in [-0.39, 0.29) is 11.5 Å². The van der Waals surface area contributed by atoms with E-state index >= 15 is 0 Å². The Morgan fingerprint density at radius 1 is 1.19 bits per heavy atom. The number of carbonyl (C=O) groups is 1. The van der Waals surface area contributed by atoms with E-state index in [0.29, 0.717) is 19.4 Å². The summed E-state index contributed by atoms with van der Waals surface area (Å²) in [5, 5.41) is 4.02. The summed E-state index contributed by atoms with van der Waals surface area (Å²) in [6.07, 6.45) is 8.71. The number of rotatable bonds is 6. The Bertz CT molecular complexity index is 832. The smallest absolute Gasteiger partial charge is 0.251 e. The number of benzene rings is 1. The first-order valence-corrected chi connectivity index (χ1v) is 9.93. The molecular formula is C22H30N2O2. The van der Waals surface area contributed by atoms with Crippen molar-refractivity contribution in [2.75, 3.05) is 6.54 Å². The van der Waals surface area contributed by atoms with Crippen LogP contribution in [0.4, 0.5) is 0 Å². The number of aromatic nitrogens is 1. The maximum absolute atomic E-state index is 12.3. The number of aromatic amines is 1. The third-order valence-corrected chi connectivity index (χ3v) is 5.85. The van der Waals surface area contributed by atoms with E-state index in [1.54, 1.807) is 0 Å². The zero-order valence-electron chi connectivity index (χ0n) is 16.0. The third kappa shape index (κ3) is 4.54. The minimum absolute atomic E-state index is 0.0531. The monoisotopic (exact) mass is 354 g/mol. The van der Waals surface area contributed by atoms with Crippen molar-refractivity contribution in [1.29, 1.82) is 0 Å². The largest absolute Gasteiger partial charge is 0.356 e. The van der Waals surface area contributed by atoms with E-state index < -0.39 is 0 Å². The van der Waals surface area contributed by atoms with Crippen LogP contribution in [0.3, 0.4) is 0 Å². The first-order valence-electron chi connectivity index (χ1n) is 9.93. The third-order valence-electron chi connectivity index (χ3n) is 5.85. The first-order chi connectivity index (χ1) is 12.5. The lowest BCUT2D eigenvalue weighted by atomic mass is 9.86. The number of hydrogen-bond donors (Lipinski definition) is 2. The molecule has 2 aromatic rings. The van der Waals surface area contributed by atoms with Crippen LogP contribution in [-0.4, -0.2) is 17.4 Å². The SMILES string of the molecule is Cc1ccc2cc(CCNC(=O)CCC3CCCCC3)c(=O)[nH]c2c1C. The zero-order valence-corrected chi connectivity index (χ0v) is 16.0. The van der Waals surface area contributed by atoms with E-state index in [1.165, 1.54) is 37.7 Å². The van der Waals surface area contributed by atoms with Crippen molar-refractivity contribution in [3.05, 3.63) is 45.2 Å². The van der Waals surface area contributed by atoms with Crippen LogP contribution in [0.15, 0.2) is 23.0 Å². The second-order valence-electron chi connectivity index (χ2n) is 7.74. The maximum Gasteiger partial charge on any atom is 0.251 e. The molecule has 1 aromatic heterocycles. The van der Waals surface area contributed by atoms with Gasteiger partial charge in [-0.25, -0.2) is 0 Å². The van der Waals surface area contributed by atoms with Crippen LogP contribution in [0.25, 0.3) is 10.9 Å². The minimum Gasteiger partial charge on any atom is -0.356 e. The molecule has 1 heterocycles. The van der Waals surface area contributed by atoms with E-state index in [9.17, 15) is 9.59 Å². The van der Waals surface area contributed by atoms with Gasteiger partial charge in [-0.05, 0) is 55.2 Å². The van der Waals surface area contributed by atoms with Crippen molar-refractivity contribution in [2.24, 2.45) is 5.92 Å². The van der Waals surface area contributed by atoms with Gasteiger partial charge in [0.25, 0.3) is 5.56 Å². The predicted octanol–water partition coefficient (Wildman–Crippen LogP) is 4.16. The average molecular weight is 354 g/mol. The molecule has 0 aliphatic heterocycles. The van der Waals surface area contributed by atoms with Gasteiger partial charge < -0.3 is 10.3 Å². The van der Waals surface area contributed by atoms with Crippen LogP contribution < -0.4 is 10.9 Å². The second kappa shape index (κ2) is 8.52. The summed E-state index contributed by atoms with van der Waals surface area (Å²) in [7, 11) is 0. The molecule has 1 aromatic carbocycles. The number of carbonyl (C=O) groups excluding carboxylic acids is 1. The van der Waals surface area contributed by atoms with Gasteiger partial charge in [-0.2, -0.15) is 0 Å². The quantitative estimate of drug-likeness (QED) is 0.818. The van der Waals surface area contributed by atoms with E-state index in [1.807, 2.05) is 26.0 Å². The van der Waals surface area contributed by atoms with Crippen molar-refractivity contribution < 1.29 is 4.79 Å². The van der Waals surface area contributed by atoms with Gasteiger partial charge in [0, 0.05) is 18.5 Å². The number of fused-ring (bicyclic) bond motifs is 1. The molecule has 1 saturated carbocycles. The first kappa shape index (κ1) is 18.7. The van der Waals surface area contributed by atoms with E-state index in [0.717, 1.165) is 34.4 Å². The Balaban J connectivity index is 1.53. The summed E-state index contributed by atoms with van der Waals surface area (Å²) in [6.45, 7) is 4.59. The summed E-state index contributed by atoms with van der Waals surface area (Å²) in [4.78, 5) is 27.4. The second-order valence-corrected chi connectivity index (χ2v) is 7.74. The molecule has 0 spiro atoms. The number of pyridine rings is 1. The summed E-state index contributed by atoms with van der Waals surface area (Å²) < 4.78 is 0. The molecule has 0 unspecified atom stereocenters. The van der Waals surface area contributed by atoms with Gasteiger partial charge in [-0.3, -0.25) is 9.59 Å². The van der Waals surface area contributed by atoms with Gasteiger partial charge in [0.15, 0.2) is 0 Å². The summed E-state index contributed by atoms with van der Waals surface area (Å²) in [5.74, 6) is 0.837. The van der Waals surface area contributed by atoms with Gasteiger partial charge in [0.1, 0.15) is 0 Å². The number of aryl methyl sites for hydroxylation is 2. The Labute approximate surface area is 155 Å². The molecule has 0 bridgehead atoms. The lowest BCUT2D eigenvalue weighted by Gasteiger charge is -2.20. The molecular weight excluding hydrogens is 324 g/mol. The maximum atomic E-state index is 12.3. The average Bonchev–Trinajstić information content (AvgIpc) is 2.65. The fourth-order valence-corrected chi connectivity index (χ4v) is 3.99. The van der Waals surface area contributed by atoms with Crippen LogP contribution in [0.1, 0.15) is 61.6 Å². The fourth-order valence-electron chi connectivity index (χ4n) is 3.99. The van der Waals surface area contributed by atoms with Crippen molar-refractivity contribution >= 4 is 16.8 Å². The van der Waals surface area contributed by atoms with E-state index in [4.69, 9.17) is 0 Å². The highest BCUT2D eigenvalue weighted by Gasteiger charge is 2.14. The summed E-state index contributed by atoms with van der Waals surface area (Å²) in [6, 6.07) is 6.07. The molecule has 1 aliphatic rings. The van der Waals surface area contributed by atoms with Gasteiger partial charge in [-0.1, -0.05) is 44.2 Å². The molecule has 0 atom stereocenters. The molecule has 4 nitrogen and oxygen atoms in total. The van der Waals surface area contributed by atoms with Crippen LogP contribution in [0.5, 0.6) is 0 Å². The van der Waals surface area contributed by atoms with Crippen LogP contribution in [0.2, 0.25) is 0 Å². The number of H-pyrrole nitrogens is 1. The van der Waals surface area contributed by atoms with Crippen LogP contribution >= 0.6 is 0 Å². The van der Waals surface area contributed by atoms with Gasteiger partial charge in [0.05, 0.1) is 5.52 Å². The Morgan fingerprint density at radius 3 is 2.73 bits per heavy atom. The van der Waals surface area contributed by atoms with Gasteiger partial charge in [-0.15, -0.1) is 0 Å². The van der Waals surface area contributed by atoms with E-state index in [2.05, 4.69) is 16.4 Å². The van der Waals surface area contributed by atoms with Crippen molar-refractivity contribution in [1.82, 2.24) is 10.3 Å². The molecule has 1 fully saturated rings. The Morgan fingerprint density at radius 2 is 1.96 bits per heavy atom. The van der Waals surface area contributed by atoms with Gasteiger partial charge >= 0.3 is 0 Å². The van der Waals surface area contributed by atoms with Crippen LogP contribution in [-0.2, 0) is 11.2 Å². The molecule has 1 aliphatic carbocycles. The summed E-state index contributed by atoms with van der Waals surface area (Å²) in [5.41, 5.74) is 3.87. The van der Waals surface area contributed by atoms with Crippen LogP contribution in [0, 0.1) is 19.8 Å². The van der Waals surface area contributed by atoms with Gasteiger partial charge in [0.2, 0.25) is 5.91 Å². The molecule has 1 amide bonds. The predicted molar refractivity (Wildman–Crippen MR) is 107 cm³/mol. The minimum atomic E-state index is -0.0531. The molecule has 4 heteroatoms.